The van der Waals surface area contributed by atoms with Crippen molar-refractivity contribution in [2.24, 2.45) is 0 Å². The number of para-hydroxylation sites is 1. The molecule has 4 aromatic rings. The molecule has 6 heteroatoms. The van der Waals surface area contributed by atoms with E-state index in [1.165, 1.54) is 17.7 Å². The van der Waals surface area contributed by atoms with Crippen LogP contribution in [0.25, 0.3) is 10.9 Å². The van der Waals surface area contributed by atoms with E-state index in [1.54, 1.807) is 44.6 Å². The van der Waals surface area contributed by atoms with E-state index in [-0.39, 0.29) is 17.8 Å². The molecular formula is C26H23FN2O3. The van der Waals surface area contributed by atoms with Crippen molar-refractivity contribution < 1.29 is 18.7 Å². The maximum Gasteiger partial charge on any atom is 0.254 e. The summed E-state index contributed by atoms with van der Waals surface area (Å²) in [5.74, 6) is 0.638. The molecule has 0 saturated carbocycles. The molecule has 32 heavy (non-hydrogen) atoms. The first-order valence-electron chi connectivity index (χ1n) is 10.5. The van der Waals surface area contributed by atoms with Crippen LogP contribution in [-0.4, -0.2) is 36.6 Å². The Morgan fingerprint density at radius 3 is 2.50 bits per heavy atom. The second-order valence-corrected chi connectivity index (χ2v) is 7.84. The number of fused-ring (bicyclic) bond motifs is 3. The van der Waals surface area contributed by atoms with Gasteiger partial charge in [-0.2, -0.15) is 0 Å². The normalized spacial score (nSPS) is 15.5. The average molecular weight is 430 g/mol. The SMILES string of the molecule is COc1ccc(C(=O)N2CCc3c([nH]c4ccccc34)[C@H]2c2ccc(F)cc2)cc1OC. The summed E-state index contributed by atoms with van der Waals surface area (Å²) >= 11 is 0. The number of amides is 1. The summed E-state index contributed by atoms with van der Waals surface area (Å²) in [6.45, 7) is 0.546. The minimum Gasteiger partial charge on any atom is -0.493 e. The summed E-state index contributed by atoms with van der Waals surface area (Å²) in [5.41, 5.74) is 4.57. The van der Waals surface area contributed by atoms with Gasteiger partial charge in [-0.05, 0) is 53.9 Å². The van der Waals surface area contributed by atoms with Crippen molar-refractivity contribution in [1.29, 1.82) is 0 Å². The van der Waals surface area contributed by atoms with Gasteiger partial charge in [0.25, 0.3) is 5.91 Å². The van der Waals surface area contributed by atoms with Crippen molar-refractivity contribution in [3.05, 3.63) is 94.9 Å². The average Bonchev–Trinajstić information content (AvgIpc) is 3.22. The van der Waals surface area contributed by atoms with Crippen molar-refractivity contribution >= 4 is 16.8 Å². The Hall–Kier alpha value is -3.80. The number of nitrogens with one attached hydrogen (secondary N) is 1. The van der Waals surface area contributed by atoms with E-state index in [0.29, 0.717) is 23.6 Å². The Morgan fingerprint density at radius 1 is 1.00 bits per heavy atom. The fourth-order valence-electron chi connectivity index (χ4n) is 4.59. The second-order valence-electron chi connectivity index (χ2n) is 7.84. The molecule has 0 radical (unpaired) electrons. The third-order valence-corrected chi connectivity index (χ3v) is 6.11. The number of hydrogen-bond acceptors (Lipinski definition) is 3. The number of ether oxygens (including phenoxy) is 2. The van der Waals surface area contributed by atoms with E-state index in [9.17, 15) is 9.18 Å². The number of H-pyrrole nitrogens is 1. The van der Waals surface area contributed by atoms with E-state index in [2.05, 4.69) is 11.1 Å². The first-order valence-corrected chi connectivity index (χ1v) is 10.5. The van der Waals surface area contributed by atoms with Gasteiger partial charge in [-0.25, -0.2) is 4.39 Å². The molecule has 162 valence electrons. The third kappa shape index (κ3) is 3.28. The van der Waals surface area contributed by atoms with Gasteiger partial charge in [-0.3, -0.25) is 4.79 Å². The summed E-state index contributed by atoms with van der Waals surface area (Å²) in [6.07, 6.45) is 0.732. The fourth-order valence-corrected chi connectivity index (χ4v) is 4.59. The van der Waals surface area contributed by atoms with E-state index >= 15 is 0 Å². The highest BCUT2D eigenvalue weighted by Gasteiger charge is 2.35. The number of carbonyl (C=O) groups excluding carboxylic acids is 1. The Balaban J connectivity index is 1.62. The number of aromatic nitrogens is 1. The monoisotopic (exact) mass is 430 g/mol. The predicted octanol–water partition coefficient (Wildman–Crippen LogP) is 5.11. The lowest BCUT2D eigenvalue weighted by atomic mass is 9.91. The van der Waals surface area contributed by atoms with Gasteiger partial charge in [-0.1, -0.05) is 30.3 Å². The Kier molecular flexibility index (Phi) is 5.05. The Morgan fingerprint density at radius 2 is 1.75 bits per heavy atom. The fraction of sp³-hybridized carbons (Fsp3) is 0.192. The van der Waals surface area contributed by atoms with Crippen LogP contribution in [0.2, 0.25) is 0 Å². The third-order valence-electron chi connectivity index (χ3n) is 6.11. The van der Waals surface area contributed by atoms with Crippen LogP contribution in [0.4, 0.5) is 4.39 Å². The zero-order valence-electron chi connectivity index (χ0n) is 17.9. The van der Waals surface area contributed by atoms with Gasteiger partial charge in [0.15, 0.2) is 11.5 Å². The largest absolute Gasteiger partial charge is 0.493 e. The number of hydrogen-bond donors (Lipinski definition) is 1. The molecule has 1 aliphatic rings. The van der Waals surface area contributed by atoms with E-state index in [4.69, 9.17) is 9.47 Å². The molecule has 0 fully saturated rings. The molecule has 5 rings (SSSR count). The highest BCUT2D eigenvalue weighted by molar-refractivity contribution is 5.96. The van der Waals surface area contributed by atoms with Crippen molar-refractivity contribution in [2.75, 3.05) is 20.8 Å². The second kappa shape index (κ2) is 8.04. The molecule has 5 nitrogen and oxygen atoms in total. The lowest BCUT2D eigenvalue weighted by Gasteiger charge is -2.36. The number of halogens is 1. The molecule has 1 amide bonds. The van der Waals surface area contributed by atoms with Gasteiger partial charge in [0.05, 0.1) is 20.3 Å². The zero-order valence-corrected chi connectivity index (χ0v) is 17.9. The Labute approximate surface area is 185 Å². The van der Waals surface area contributed by atoms with Crippen LogP contribution >= 0.6 is 0 Å². The maximum absolute atomic E-state index is 13.7. The van der Waals surface area contributed by atoms with Crippen LogP contribution in [-0.2, 0) is 6.42 Å². The molecule has 0 saturated heterocycles. The number of aromatic amines is 1. The topological polar surface area (TPSA) is 54.6 Å². The lowest BCUT2D eigenvalue weighted by molar-refractivity contribution is 0.0691. The van der Waals surface area contributed by atoms with E-state index in [1.807, 2.05) is 23.1 Å². The standard InChI is InChI=1S/C26H23FN2O3/c1-31-22-12-9-17(15-23(22)32-2)26(30)29-14-13-20-19-5-3-4-6-21(19)28-24(20)25(29)16-7-10-18(27)11-8-16/h3-12,15,25,28H,13-14H2,1-2H3/t25-/m1/s1. The molecule has 1 atom stereocenters. The first kappa shape index (κ1) is 20.1. The Bertz CT molecular complexity index is 1300. The van der Waals surface area contributed by atoms with Crippen LogP contribution in [0, 0.1) is 5.82 Å². The van der Waals surface area contributed by atoms with Crippen molar-refractivity contribution in [1.82, 2.24) is 9.88 Å². The molecular weight excluding hydrogens is 407 g/mol. The predicted molar refractivity (Wildman–Crippen MR) is 121 cm³/mol. The van der Waals surface area contributed by atoms with Crippen molar-refractivity contribution in [3.63, 3.8) is 0 Å². The summed E-state index contributed by atoms with van der Waals surface area (Å²) in [6, 6.07) is 19.3. The molecule has 1 N–H and O–H groups in total. The van der Waals surface area contributed by atoms with Crippen molar-refractivity contribution in [2.45, 2.75) is 12.5 Å². The summed E-state index contributed by atoms with van der Waals surface area (Å²) in [5, 5.41) is 1.16. The lowest BCUT2D eigenvalue weighted by Crippen LogP contribution is -2.40. The molecule has 1 aliphatic heterocycles. The van der Waals surface area contributed by atoms with Crippen molar-refractivity contribution in [3.8, 4) is 11.5 Å². The van der Waals surface area contributed by atoms with Crippen LogP contribution in [0.15, 0.2) is 66.7 Å². The zero-order chi connectivity index (χ0) is 22.2. The van der Waals surface area contributed by atoms with Crippen LogP contribution in [0.5, 0.6) is 11.5 Å². The maximum atomic E-state index is 13.7. The minimum absolute atomic E-state index is 0.121. The quantitative estimate of drug-likeness (QED) is 0.489. The number of benzene rings is 3. The molecule has 0 spiro atoms. The molecule has 3 aromatic carbocycles. The van der Waals surface area contributed by atoms with Gasteiger partial charge in [-0.15, -0.1) is 0 Å². The van der Waals surface area contributed by atoms with Crippen LogP contribution in [0.1, 0.15) is 33.2 Å². The number of rotatable bonds is 4. The smallest absolute Gasteiger partial charge is 0.254 e. The number of methoxy groups -OCH3 is 2. The van der Waals surface area contributed by atoms with Gasteiger partial charge >= 0.3 is 0 Å². The van der Waals surface area contributed by atoms with Crippen LogP contribution < -0.4 is 9.47 Å². The molecule has 1 aromatic heterocycles. The van der Waals surface area contributed by atoms with Gasteiger partial charge in [0.2, 0.25) is 0 Å². The van der Waals surface area contributed by atoms with E-state index in [0.717, 1.165) is 28.6 Å². The highest BCUT2D eigenvalue weighted by Crippen LogP contribution is 2.39. The molecule has 2 heterocycles. The summed E-state index contributed by atoms with van der Waals surface area (Å²) in [4.78, 5) is 19.0. The molecule has 0 bridgehead atoms. The number of carbonyl (C=O) groups is 1. The highest BCUT2D eigenvalue weighted by atomic mass is 19.1. The van der Waals surface area contributed by atoms with Gasteiger partial charge < -0.3 is 19.4 Å². The van der Waals surface area contributed by atoms with Gasteiger partial charge in [0, 0.05) is 28.7 Å². The van der Waals surface area contributed by atoms with E-state index < -0.39 is 0 Å². The minimum atomic E-state index is -0.354. The summed E-state index contributed by atoms with van der Waals surface area (Å²) < 4.78 is 24.4. The number of nitrogens with zero attached hydrogens (tertiary/aromatic N) is 1. The summed E-state index contributed by atoms with van der Waals surface area (Å²) in [7, 11) is 3.11. The molecule has 0 aliphatic carbocycles. The molecule has 0 unspecified atom stereocenters. The van der Waals surface area contributed by atoms with Crippen LogP contribution in [0.3, 0.4) is 0 Å². The van der Waals surface area contributed by atoms with Gasteiger partial charge in [0.1, 0.15) is 5.82 Å². The first-order chi connectivity index (χ1) is 15.6.